The lowest BCUT2D eigenvalue weighted by molar-refractivity contribution is -0.136. The summed E-state index contributed by atoms with van der Waals surface area (Å²) in [6.45, 7) is 8.23. The molecule has 0 aliphatic carbocycles. The fourth-order valence-corrected chi connectivity index (χ4v) is 3.57. The highest BCUT2D eigenvalue weighted by molar-refractivity contribution is 9.10. The molecule has 0 fully saturated rings. The summed E-state index contributed by atoms with van der Waals surface area (Å²) in [5.74, 6) is -0.138. The number of carbonyl (C=O) groups excluding carboxylic acids is 1. The first-order valence-corrected chi connectivity index (χ1v) is 9.19. The van der Waals surface area contributed by atoms with Crippen molar-refractivity contribution in [2.45, 2.75) is 19.9 Å². The Morgan fingerprint density at radius 3 is 2.81 bits per heavy atom. The average Bonchev–Trinajstić information content (AvgIpc) is 2.61. The molecule has 0 unspecified atom stereocenters. The van der Waals surface area contributed by atoms with Gasteiger partial charge >= 0.3 is 5.97 Å². The van der Waals surface area contributed by atoms with E-state index in [0.717, 1.165) is 0 Å². The zero-order valence-electron chi connectivity index (χ0n) is 14.8. The number of rotatable bonds is 6. The van der Waals surface area contributed by atoms with Crippen molar-refractivity contribution in [3.63, 3.8) is 0 Å². The summed E-state index contributed by atoms with van der Waals surface area (Å²) >= 11 is 8.78. The van der Waals surface area contributed by atoms with E-state index in [9.17, 15) is 9.90 Å². The van der Waals surface area contributed by atoms with Gasteiger partial charge in [0.15, 0.2) is 16.6 Å². The van der Waals surface area contributed by atoms with Crippen LogP contribution >= 0.6 is 28.1 Å². The number of benzene rings is 1. The number of ether oxygens (including phenoxy) is 2. The van der Waals surface area contributed by atoms with E-state index < -0.39 is 12.0 Å². The van der Waals surface area contributed by atoms with Crippen molar-refractivity contribution < 1.29 is 19.4 Å². The molecule has 140 valence electrons. The van der Waals surface area contributed by atoms with Gasteiger partial charge in [-0.3, -0.25) is 0 Å². The van der Waals surface area contributed by atoms with Crippen LogP contribution in [0.15, 0.2) is 40.5 Å². The molecule has 1 aliphatic heterocycles. The van der Waals surface area contributed by atoms with Gasteiger partial charge in [-0.05, 0) is 59.7 Å². The highest BCUT2D eigenvalue weighted by atomic mass is 79.9. The van der Waals surface area contributed by atoms with Crippen molar-refractivity contribution >= 4 is 39.2 Å². The number of thiocarbonyl (C=S) groups is 1. The predicted molar refractivity (Wildman–Crippen MR) is 107 cm³/mol. The van der Waals surface area contributed by atoms with Crippen LogP contribution < -0.4 is 10.1 Å². The van der Waals surface area contributed by atoms with E-state index in [4.69, 9.17) is 21.7 Å². The van der Waals surface area contributed by atoms with E-state index in [1.807, 2.05) is 13.8 Å². The van der Waals surface area contributed by atoms with Crippen LogP contribution in [0.25, 0.3) is 0 Å². The number of aromatic hydroxyl groups is 1. The van der Waals surface area contributed by atoms with Crippen LogP contribution in [0.2, 0.25) is 0 Å². The van der Waals surface area contributed by atoms with Gasteiger partial charge in [-0.2, -0.15) is 0 Å². The van der Waals surface area contributed by atoms with Gasteiger partial charge in [-0.15, -0.1) is 6.58 Å². The van der Waals surface area contributed by atoms with Gasteiger partial charge in [0.25, 0.3) is 0 Å². The van der Waals surface area contributed by atoms with E-state index in [1.165, 1.54) is 7.11 Å². The maximum absolute atomic E-state index is 12.5. The summed E-state index contributed by atoms with van der Waals surface area (Å²) < 4.78 is 10.9. The summed E-state index contributed by atoms with van der Waals surface area (Å²) in [4.78, 5) is 14.3. The maximum atomic E-state index is 12.5. The number of halogens is 1. The van der Waals surface area contributed by atoms with Crippen molar-refractivity contribution in [2.24, 2.45) is 0 Å². The Morgan fingerprint density at radius 2 is 2.23 bits per heavy atom. The normalized spacial score (nSPS) is 17.0. The van der Waals surface area contributed by atoms with E-state index in [1.54, 1.807) is 23.1 Å². The van der Waals surface area contributed by atoms with E-state index in [-0.39, 0.29) is 5.75 Å². The van der Waals surface area contributed by atoms with E-state index >= 15 is 0 Å². The molecular weight excluding hydrogens is 420 g/mol. The Balaban J connectivity index is 2.61. The molecule has 6 nitrogen and oxygen atoms in total. The number of phenolic OH excluding ortho intramolecular Hbond substituents is 1. The summed E-state index contributed by atoms with van der Waals surface area (Å²) in [6.07, 6.45) is 1.71. The smallest absolute Gasteiger partial charge is 0.337 e. The number of methoxy groups -OCH3 is 1. The SMILES string of the molecule is C=CCN1C(=S)N[C@@H](c2cc(Br)c(O)c(OCC)c2)C(C(=O)OC)=C1C. The molecule has 1 aliphatic rings. The highest BCUT2D eigenvalue weighted by Gasteiger charge is 2.34. The number of nitrogens with zero attached hydrogens (tertiary/aromatic N) is 1. The molecule has 0 amide bonds. The fourth-order valence-electron chi connectivity index (χ4n) is 2.78. The van der Waals surface area contributed by atoms with Crippen molar-refractivity contribution in [1.82, 2.24) is 10.2 Å². The Morgan fingerprint density at radius 1 is 1.54 bits per heavy atom. The Labute approximate surface area is 166 Å². The van der Waals surface area contributed by atoms with Gasteiger partial charge in [-0.1, -0.05) is 6.08 Å². The minimum atomic E-state index is -0.535. The third-order valence-corrected chi connectivity index (χ3v) is 4.94. The molecule has 1 aromatic carbocycles. The standard InChI is InChI=1S/C18H21BrN2O4S/c1-5-7-21-10(3)14(17(23)24-4)15(20-18(21)26)11-8-12(19)16(22)13(9-11)25-6-2/h5,8-9,15,22H,1,6-7H2,2-4H3,(H,20,26)/t15-/m0/s1. The Hall–Kier alpha value is -2.06. The molecule has 1 heterocycles. The topological polar surface area (TPSA) is 71.0 Å². The van der Waals surface area contributed by atoms with Crippen LogP contribution in [0.5, 0.6) is 11.5 Å². The maximum Gasteiger partial charge on any atom is 0.337 e. The predicted octanol–water partition coefficient (Wildman–Crippen LogP) is 3.42. The first kappa shape index (κ1) is 20.3. The van der Waals surface area contributed by atoms with Gasteiger partial charge in [0.1, 0.15) is 0 Å². The van der Waals surface area contributed by atoms with Gasteiger partial charge in [0.05, 0.1) is 29.8 Å². The molecule has 8 heteroatoms. The first-order valence-electron chi connectivity index (χ1n) is 7.98. The molecule has 2 rings (SSSR count). The summed E-state index contributed by atoms with van der Waals surface area (Å²) in [5, 5.41) is 13.8. The minimum absolute atomic E-state index is 0.00240. The molecule has 0 saturated carbocycles. The number of hydrogen-bond donors (Lipinski definition) is 2. The number of allylic oxidation sites excluding steroid dienone is 1. The molecule has 0 spiro atoms. The Kier molecular flexibility index (Phi) is 6.66. The Bertz CT molecular complexity index is 779. The van der Waals surface area contributed by atoms with Crippen molar-refractivity contribution in [2.75, 3.05) is 20.3 Å². The minimum Gasteiger partial charge on any atom is -0.503 e. The molecule has 26 heavy (non-hydrogen) atoms. The number of carbonyl (C=O) groups is 1. The van der Waals surface area contributed by atoms with Crippen molar-refractivity contribution in [1.29, 1.82) is 0 Å². The van der Waals surface area contributed by atoms with Crippen molar-refractivity contribution in [3.05, 3.63) is 46.1 Å². The molecule has 1 atom stereocenters. The van der Waals surface area contributed by atoms with Gasteiger partial charge in [-0.25, -0.2) is 4.79 Å². The number of esters is 1. The summed E-state index contributed by atoms with van der Waals surface area (Å²) in [7, 11) is 1.34. The van der Waals surface area contributed by atoms with Crippen LogP contribution in [0.3, 0.4) is 0 Å². The van der Waals surface area contributed by atoms with Gasteiger partial charge < -0.3 is 24.8 Å². The second-order valence-corrected chi connectivity index (χ2v) is 6.80. The zero-order chi connectivity index (χ0) is 19.4. The average molecular weight is 441 g/mol. The van der Waals surface area contributed by atoms with Crippen molar-refractivity contribution in [3.8, 4) is 11.5 Å². The van der Waals surface area contributed by atoms with E-state index in [2.05, 4.69) is 27.8 Å². The summed E-state index contributed by atoms with van der Waals surface area (Å²) in [6, 6.07) is 2.87. The first-order chi connectivity index (χ1) is 12.3. The van der Waals surface area contributed by atoms with Crippen LogP contribution in [0.4, 0.5) is 0 Å². The third kappa shape index (κ3) is 3.86. The molecule has 1 aromatic rings. The zero-order valence-corrected chi connectivity index (χ0v) is 17.2. The molecular formula is C18H21BrN2O4S. The second-order valence-electron chi connectivity index (χ2n) is 5.55. The third-order valence-electron chi connectivity index (χ3n) is 4.00. The second kappa shape index (κ2) is 8.55. The molecule has 0 saturated heterocycles. The monoisotopic (exact) mass is 440 g/mol. The lowest BCUT2D eigenvalue weighted by Crippen LogP contribution is -2.47. The highest BCUT2D eigenvalue weighted by Crippen LogP contribution is 2.40. The van der Waals surface area contributed by atoms with Gasteiger partial charge in [0.2, 0.25) is 0 Å². The molecule has 0 aromatic heterocycles. The number of nitrogens with one attached hydrogen (secondary N) is 1. The van der Waals surface area contributed by atoms with Crippen LogP contribution in [-0.2, 0) is 9.53 Å². The van der Waals surface area contributed by atoms with E-state index in [0.29, 0.717) is 45.3 Å². The number of phenols is 1. The summed E-state index contributed by atoms with van der Waals surface area (Å²) in [5.41, 5.74) is 1.83. The van der Waals surface area contributed by atoms with Crippen LogP contribution in [0, 0.1) is 0 Å². The number of hydrogen-bond acceptors (Lipinski definition) is 5. The molecule has 0 bridgehead atoms. The molecule has 0 radical (unpaired) electrons. The largest absolute Gasteiger partial charge is 0.503 e. The van der Waals surface area contributed by atoms with Gasteiger partial charge in [0, 0.05) is 12.2 Å². The molecule has 2 N–H and O–H groups in total. The quantitative estimate of drug-likeness (QED) is 0.398. The fraction of sp³-hybridized carbons (Fsp3) is 0.333. The van der Waals surface area contributed by atoms with Crippen LogP contribution in [0.1, 0.15) is 25.5 Å². The van der Waals surface area contributed by atoms with Crippen LogP contribution in [-0.4, -0.2) is 41.3 Å². The lowest BCUT2D eigenvalue weighted by Gasteiger charge is -2.37. The lowest BCUT2D eigenvalue weighted by atomic mass is 9.94.